The molecule has 1 saturated heterocycles. The monoisotopic (exact) mass is 372 g/mol. The molecule has 7 nitrogen and oxygen atoms in total. The van der Waals surface area contributed by atoms with Gasteiger partial charge < -0.3 is 15.4 Å². The summed E-state index contributed by atoms with van der Waals surface area (Å²) < 4.78 is 6.03. The Morgan fingerprint density at radius 1 is 1.25 bits per heavy atom. The van der Waals surface area contributed by atoms with Crippen molar-refractivity contribution < 1.29 is 4.74 Å². The number of nitrogens with one attached hydrogen (secondary N) is 2. The fraction of sp³-hybridized carbons (Fsp3) is 0.238. The van der Waals surface area contributed by atoms with E-state index in [4.69, 9.17) is 11.3 Å². The molecule has 1 aliphatic rings. The number of nitrogens with zero attached hydrogens (tertiary/aromatic N) is 4. The second-order valence-corrected chi connectivity index (χ2v) is 6.54. The van der Waals surface area contributed by atoms with Crippen molar-refractivity contribution in [3.05, 3.63) is 66.4 Å². The Bertz CT molecular complexity index is 980. The molecule has 1 atom stereocenters. The molecule has 2 N–H and O–H groups in total. The molecule has 2 aromatic heterocycles. The zero-order valence-corrected chi connectivity index (χ0v) is 15.3. The molecular formula is C21H20N6O. The van der Waals surface area contributed by atoms with E-state index >= 15 is 0 Å². The van der Waals surface area contributed by atoms with Crippen molar-refractivity contribution in [3.8, 4) is 23.0 Å². The molecule has 140 valence electrons. The molecule has 0 amide bonds. The third-order valence-corrected chi connectivity index (χ3v) is 4.54. The first-order valence-corrected chi connectivity index (χ1v) is 9.22. The van der Waals surface area contributed by atoms with E-state index in [0.29, 0.717) is 29.2 Å². The first kappa shape index (κ1) is 17.9. The number of rotatable bonds is 6. The second-order valence-electron chi connectivity index (χ2n) is 6.54. The lowest BCUT2D eigenvalue weighted by Gasteiger charge is -2.16. The maximum Gasteiger partial charge on any atom is 0.246 e. The van der Waals surface area contributed by atoms with Crippen LogP contribution in [0.3, 0.4) is 0 Å². The summed E-state index contributed by atoms with van der Waals surface area (Å²) in [5, 5.41) is 6.86. The van der Waals surface area contributed by atoms with Gasteiger partial charge in [-0.25, -0.2) is 9.83 Å². The first-order valence-electron chi connectivity index (χ1n) is 9.22. The van der Waals surface area contributed by atoms with Gasteiger partial charge in [-0.15, -0.1) is 0 Å². The number of hydrogen-bond acceptors (Lipinski definition) is 6. The summed E-state index contributed by atoms with van der Waals surface area (Å²) in [4.78, 5) is 16.7. The minimum Gasteiger partial charge on any atom is -0.438 e. The van der Waals surface area contributed by atoms with Crippen molar-refractivity contribution in [2.75, 3.05) is 18.4 Å². The Labute approximate surface area is 163 Å². The molecule has 3 heterocycles. The van der Waals surface area contributed by atoms with Crippen LogP contribution in [-0.2, 0) is 0 Å². The molecule has 0 unspecified atom stereocenters. The van der Waals surface area contributed by atoms with E-state index < -0.39 is 0 Å². The van der Waals surface area contributed by atoms with Crippen LogP contribution in [-0.4, -0.2) is 34.1 Å². The summed E-state index contributed by atoms with van der Waals surface area (Å²) in [5.74, 6) is 1.52. The van der Waals surface area contributed by atoms with Crippen LogP contribution in [0, 0.1) is 6.57 Å². The van der Waals surface area contributed by atoms with Gasteiger partial charge in [-0.3, -0.25) is 4.98 Å². The Balaban J connectivity index is 1.63. The maximum absolute atomic E-state index is 7.19. The maximum atomic E-state index is 7.19. The van der Waals surface area contributed by atoms with Crippen LogP contribution in [0.2, 0.25) is 0 Å². The van der Waals surface area contributed by atoms with Gasteiger partial charge >= 0.3 is 0 Å². The highest BCUT2D eigenvalue weighted by Gasteiger charge is 2.16. The predicted octanol–water partition coefficient (Wildman–Crippen LogP) is 4.05. The van der Waals surface area contributed by atoms with Gasteiger partial charge in [-0.1, -0.05) is 12.1 Å². The average Bonchev–Trinajstić information content (AvgIpc) is 3.27. The van der Waals surface area contributed by atoms with Crippen molar-refractivity contribution in [3.63, 3.8) is 0 Å². The Morgan fingerprint density at radius 3 is 3.00 bits per heavy atom. The molecule has 1 aliphatic heterocycles. The molecule has 28 heavy (non-hydrogen) atoms. The van der Waals surface area contributed by atoms with E-state index in [2.05, 4.69) is 30.4 Å². The van der Waals surface area contributed by atoms with Gasteiger partial charge in [0.2, 0.25) is 5.88 Å². The molecule has 1 aromatic carbocycles. The highest BCUT2D eigenvalue weighted by molar-refractivity contribution is 5.60. The molecule has 7 heteroatoms. The Kier molecular flexibility index (Phi) is 5.41. The lowest BCUT2D eigenvalue weighted by atomic mass is 10.2. The third-order valence-electron chi connectivity index (χ3n) is 4.54. The molecule has 0 saturated carbocycles. The zero-order valence-electron chi connectivity index (χ0n) is 15.3. The number of benzene rings is 1. The number of aromatic nitrogens is 3. The third kappa shape index (κ3) is 4.24. The van der Waals surface area contributed by atoms with Crippen molar-refractivity contribution in [1.29, 1.82) is 0 Å². The van der Waals surface area contributed by atoms with Crippen molar-refractivity contribution in [1.82, 2.24) is 20.3 Å². The van der Waals surface area contributed by atoms with Gasteiger partial charge in [0.15, 0.2) is 11.5 Å². The van der Waals surface area contributed by atoms with Gasteiger partial charge in [-0.05, 0) is 43.7 Å². The standard InChI is InChI=1S/C21H20N6O/c1-22-16-6-2-8-18(11-16)28-21-19(25-13-17-7-4-10-24-17)14-26-20(27-21)15-5-3-9-23-12-15/h2-3,5-6,8-9,11-12,14,17,24-25H,4,7,10,13H2/t17-/m0/s1. The fourth-order valence-corrected chi connectivity index (χ4v) is 3.09. The quantitative estimate of drug-likeness (QED) is 0.636. The highest BCUT2D eigenvalue weighted by Crippen LogP contribution is 2.31. The lowest BCUT2D eigenvalue weighted by molar-refractivity contribution is 0.464. The van der Waals surface area contributed by atoms with Crippen LogP contribution in [0.25, 0.3) is 16.2 Å². The van der Waals surface area contributed by atoms with Crippen LogP contribution >= 0.6 is 0 Å². The number of anilines is 1. The lowest BCUT2D eigenvalue weighted by Crippen LogP contribution is -2.29. The van der Waals surface area contributed by atoms with Crippen molar-refractivity contribution in [2.45, 2.75) is 18.9 Å². The van der Waals surface area contributed by atoms with Crippen LogP contribution < -0.4 is 15.4 Å². The van der Waals surface area contributed by atoms with Gasteiger partial charge in [0, 0.05) is 30.5 Å². The molecule has 1 fully saturated rings. The summed E-state index contributed by atoms with van der Waals surface area (Å²) >= 11 is 0. The van der Waals surface area contributed by atoms with E-state index in [1.165, 1.54) is 6.42 Å². The average molecular weight is 372 g/mol. The van der Waals surface area contributed by atoms with Gasteiger partial charge in [0.25, 0.3) is 0 Å². The van der Waals surface area contributed by atoms with Crippen molar-refractivity contribution in [2.24, 2.45) is 0 Å². The Hall–Kier alpha value is -3.50. The Morgan fingerprint density at radius 2 is 2.21 bits per heavy atom. The topological polar surface area (TPSA) is 76.3 Å². The summed E-state index contributed by atoms with van der Waals surface area (Å²) in [5.41, 5.74) is 2.05. The number of hydrogen-bond donors (Lipinski definition) is 2. The summed E-state index contributed by atoms with van der Waals surface area (Å²) in [6, 6.07) is 11.2. The molecule has 3 aromatic rings. The SMILES string of the molecule is [C-]#[N+]c1cccc(Oc2nc(-c3cccnc3)ncc2NC[C@@H]2CCCN2)c1. The number of pyridine rings is 1. The fourth-order valence-electron chi connectivity index (χ4n) is 3.09. The van der Waals surface area contributed by atoms with E-state index in [1.807, 2.05) is 18.2 Å². The molecular weight excluding hydrogens is 352 g/mol. The smallest absolute Gasteiger partial charge is 0.246 e. The van der Waals surface area contributed by atoms with Gasteiger partial charge in [-0.2, -0.15) is 4.98 Å². The molecule has 0 bridgehead atoms. The summed E-state index contributed by atoms with van der Waals surface area (Å²) in [7, 11) is 0. The minimum absolute atomic E-state index is 0.425. The van der Waals surface area contributed by atoms with Gasteiger partial charge in [0.05, 0.1) is 12.8 Å². The van der Waals surface area contributed by atoms with Crippen molar-refractivity contribution >= 4 is 11.4 Å². The molecule has 0 radical (unpaired) electrons. The summed E-state index contributed by atoms with van der Waals surface area (Å²) in [6.07, 6.45) is 7.49. The minimum atomic E-state index is 0.425. The zero-order chi connectivity index (χ0) is 19.2. The van der Waals surface area contributed by atoms with Crippen LogP contribution in [0.1, 0.15) is 12.8 Å². The molecule has 0 aliphatic carbocycles. The predicted molar refractivity (Wildman–Crippen MR) is 108 cm³/mol. The van der Waals surface area contributed by atoms with Crippen LogP contribution in [0.4, 0.5) is 11.4 Å². The van der Waals surface area contributed by atoms with Crippen LogP contribution in [0.5, 0.6) is 11.6 Å². The molecule has 4 rings (SSSR count). The second kappa shape index (κ2) is 8.46. The van der Waals surface area contributed by atoms with E-state index in [-0.39, 0.29) is 0 Å². The number of ether oxygens (including phenoxy) is 1. The molecule has 0 spiro atoms. The van der Waals surface area contributed by atoms with E-state index in [0.717, 1.165) is 30.8 Å². The van der Waals surface area contributed by atoms with Crippen LogP contribution in [0.15, 0.2) is 55.0 Å². The van der Waals surface area contributed by atoms with E-state index in [9.17, 15) is 0 Å². The highest BCUT2D eigenvalue weighted by atomic mass is 16.5. The first-order chi connectivity index (χ1) is 13.8. The summed E-state index contributed by atoms with van der Waals surface area (Å²) in [6.45, 7) is 9.01. The largest absolute Gasteiger partial charge is 0.438 e. The van der Waals surface area contributed by atoms with E-state index in [1.54, 1.807) is 36.8 Å². The normalized spacial score (nSPS) is 15.8. The van der Waals surface area contributed by atoms with Gasteiger partial charge in [0.1, 0.15) is 11.4 Å².